The van der Waals surface area contributed by atoms with E-state index in [2.05, 4.69) is 5.10 Å². The van der Waals surface area contributed by atoms with Gasteiger partial charge in [-0.1, -0.05) is 11.6 Å². The summed E-state index contributed by atoms with van der Waals surface area (Å²) in [7, 11) is 0. The fraction of sp³-hybridized carbons (Fsp3) is 0.412. The van der Waals surface area contributed by atoms with E-state index in [4.69, 9.17) is 11.6 Å². The van der Waals surface area contributed by atoms with Crippen molar-refractivity contribution in [2.45, 2.75) is 32.0 Å². The molecule has 2 aliphatic rings. The normalized spacial score (nSPS) is 18.2. The van der Waals surface area contributed by atoms with Crippen LogP contribution in [-0.4, -0.2) is 32.2 Å². The molecule has 0 radical (unpaired) electrons. The number of hydrogen-bond acceptors (Lipinski definition) is 3. The first-order chi connectivity index (χ1) is 11.9. The van der Waals surface area contributed by atoms with E-state index in [1.165, 1.54) is 4.90 Å². The van der Waals surface area contributed by atoms with E-state index in [0.29, 0.717) is 18.8 Å². The SMILES string of the molecule is O=C(c1cc(F)c(F)cc1Cl)N1CCn2nc([C@H](O)C3CC3)cc2C1. The average molecular weight is 368 g/mol. The molecule has 1 saturated carbocycles. The number of benzene rings is 1. The first-order valence-corrected chi connectivity index (χ1v) is 8.50. The number of fused-ring (bicyclic) bond motifs is 1. The van der Waals surface area contributed by atoms with Crippen LogP contribution >= 0.6 is 11.6 Å². The van der Waals surface area contributed by atoms with E-state index in [1.54, 1.807) is 10.7 Å². The summed E-state index contributed by atoms with van der Waals surface area (Å²) in [5.41, 5.74) is 1.36. The molecule has 0 saturated heterocycles. The quantitative estimate of drug-likeness (QED) is 0.849. The van der Waals surface area contributed by atoms with Crippen LogP contribution in [0.1, 0.15) is 40.7 Å². The van der Waals surface area contributed by atoms with Gasteiger partial charge in [-0.3, -0.25) is 9.48 Å². The van der Waals surface area contributed by atoms with E-state index >= 15 is 0 Å². The molecular weight excluding hydrogens is 352 g/mol. The second-order valence-corrected chi connectivity index (χ2v) is 6.95. The molecular formula is C17H16ClF2N3O2. The number of aliphatic hydroxyl groups excluding tert-OH is 1. The van der Waals surface area contributed by atoms with Gasteiger partial charge in [0.25, 0.3) is 5.91 Å². The van der Waals surface area contributed by atoms with Crippen LogP contribution in [0.15, 0.2) is 18.2 Å². The van der Waals surface area contributed by atoms with Crippen molar-refractivity contribution in [3.8, 4) is 0 Å². The van der Waals surface area contributed by atoms with E-state index in [9.17, 15) is 18.7 Å². The first-order valence-electron chi connectivity index (χ1n) is 8.12. The molecule has 1 atom stereocenters. The van der Waals surface area contributed by atoms with Crippen LogP contribution in [0, 0.1) is 17.6 Å². The Labute approximate surface area is 147 Å². The van der Waals surface area contributed by atoms with Gasteiger partial charge in [-0.25, -0.2) is 8.78 Å². The second-order valence-electron chi connectivity index (χ2n) is 6.54. The predicted molar refractivity (Wildman–Crippen MR) is 86.0 cm³/mol. The molecule has 1 N–H and O–H groups in total. The standard InChI is InChI=1S/C17H16ClF2N3O2/c18-12-7-14(20)13(19)6-11(12)17(25)22-3-4-23-10(8-22)5-15(21-23)16(24)9-1-2-9/h5-7,9,16,24H,1-4,8H2/t16-/m1/s1. The monoisotopic (exact) mass is 367 g/mol. The lowest BCUT2D eigenvalue weighted by Crippen LogP contribution is -2.38. The van der Waals surface area contributed by atoms with Crippen molar-refractivity contribution in [3.63, 3.8) is 0 Å². The van der Waals surface area contributed by atoms with E-state index < -0.39 is 23.6 Å². The van der Waals surface area contributed by atoms with E-state index in [-0.39, 0.29) is 23.0 Å². The van der Waals surface area contributed by atoms with Gasteiger partial charge in [-0.2, -0.15) is 5.10 Å². The first kappa shape index (κ1) is 16.5. The Morgan fingerprint density at radius 3 is 2.68 bits per heavy atom. The fourth-order valence-corrected chi connectivity index (χ4v) is 3.35. The van der Waals surface area contributed by atoms with Gasteiger partial charge in [0, 0.05) is 6.54 Å². The van der Waals surface area contributed by atoms with Gasteiger partial charge in [0.1, 0.15) is 6.10 Å². The lowest BCUT2D eigenvalue weighted by Gasteiger charge is -2.28. The number of carbonyl (C=O) groups is 1. The molecule has 0 bridgehead atoms. The second kappa shape index (κ2) is 6.07. The summed E-state index contributed by atoms with van der Waals surface area (Å²) in [6.45, 7) is 1.13. The number of halogens is 3. The molecule has 1 aliphatic carbocycles. The number of amides is 1. The highest BCUT2D eigenvalue weighted by Gasteiger charge is 2.34. The maximum Gasteiger partial charge on any atom is 0.255 e. The van der Waals surface area contributed by atoms with Gasteiger partial charge in [0.15, 0.2) is 11.6 Å². The smallest absolute Gasteiger partial charge is 0.255 e. The van der Waals surface area contributed by atoms with Crippen LogP contribution in [0.5, 0.6) is 0 Å². The minimum Gasteiger partial charge on any atom is -0.386 e. The molecule has 132 valence electrons. The summed E-state index contributed by atoms with van der Waals surface area (Å²) in [5, 5.41) is 14.5. The Kier molecular flexibility index (Phi) is 4.00. The Morgan fingerprint density at radius 1 is 1.24 bits per heavy atom. The van der Waals surface area contributed by atoms with E-state index in [1.807, 2.05) is 0 Å². The number of aliphatic hydroxyl groups is 1. The topological polar surface area (TPSA) is 58.4 Å². The molecule has 1 aromatic carbocycles. The van der Waals surface area contributed by atoms with E-state index in [0.717, 1.165) is 30.7 Å². The molecule has 25 heavy (non-hydrogen) atoms. The number of rotatable bonds is 3. The minimum atomic E-state index is -1.11. The Bertz CT molecular complexity index is 851. The summed E-state index contributed by atoms with van der Waals surface area (Å²) in [5.74, 6) is -2.38. The third-order valence-electron chi connectivity index (χ3n) is 4.72. The third kappa shape index (κ3) is 3.02. The Morgan fingerprint density at radius 2 is 1.96 bits per heavy atom. The van der Waals surface area contributed by atoms with Crippen molar-refractivity contribution in [3.05, 3.63) is 51.8 Å². The zero-order chi connectivity index (χ0) is 17.7. The summed E-state index contributed by atoms with van der Waals surface area (Å²) >= 11 is 5.90. The lowest BCUT2D eigenvalue weighted by molar-refractivity contribution is 0.0705. The number of carbonyl (C=O) groups excluding carboxylic acids is 1. The zero-order valence-electron chi connectivity index (χ0n) is 13.3. The third-order valence-corrected chi connectivity index (χ3v) is 5.03. The van der Waals surface area contributed by atoms with Crippen molar-refractivity contribution >= 4 is 17.5 Å². The van der Waals surface area contributed by atoms with Crippen LogP contribution in [0.4, 0.5) is 8.78 Å². The maximum absolute atomic E-state index is 13.5. The van der Waals surface area contributed by atoms with Crippen LogP contribution < -0.4 is 0 Å². The largest absolute Gasteiger partial charge is 0.386 e. The molecule has 0 spiro atoms. The van der Waals surface area contributed by atoms with Gasteiger partial charge in [0.2, 0.25) is 0 Å². The predicted octanol–water partition coefficient (Wildman–Crippen LogP) is 2.91. The highest BCUT2D eigenvalue weighted by atomic mass is 35.5. The number of hydrogen-bond donors (Lipinski definition) is 1. The van der Waals surface area contributed by atoms with Crippen LogP contribution in [0.2, 0.25) is 5.02 Å². The van der Waals surface area contributed by atoms with Crippen molar-refractivity contribution < 1.29 is 18.7 Å². The highest BCUT2D eigenvalue weighted by Crippen LogP contribution is 2.40. The molecule has 5 nitrogen and oxygen atoms in total. The molecule has 8 heteroatoms. The van der Waals surface area contributed by atoms with Crippen molar-refractivity contribution in [2.24, 2.45) is 5.92 Å². The van der Waals surface area contributed by atoms with Crippen molar-refractivity contribution in [2.75, 3.05) is 6.54 Å². The molecule has 2 heterocycles. The summed E-state index contributed by atoms with van der Waals surface area (Å²) in [6, 6.07) is 3.44. The fourth-order valence-electron chi connectivity index (χ4n) is 3.12. The summed E-state index contributed by atoms with van der Waals surface area (Å²) in [4.78, 5) is 14.1. The van der Waals surface area contributed by atoms with Crippen LogP contribution in [0.3, 0.4) is 0 Å². The average Bonchev–Trinajstić information content (AvgIpc) is 3.35. The molecule has 1 amide bonds. The minimum absolute atomic E-state index is 0.0632. The summed E-state index contributed by atoms with van der Waals surface area (Å²) < 4.78 is 28.4. The lowest BCUT2D eigenvalue weighted by atomic mass is 10.1. The Balaban J connectivity index is 1.55. The van der Waals surface area contributed by atoms with Gasteiger partial charge in [-0.05, 0) is 37.0 Å². The van der Waals surface area contributed by atoms with Crippen LogP contribution in [0.25, 0.3) is 0 Å². The van der Waals surface area contributed by atoms with Gasteiger partial charge in [-0.15, -0.1) is 0 Å². The zero-order valence-corrected chi connectivity index (χ0v) is 14.0. The molecule has 4 rings (SSSR count). The summed E-state index contributed by atoms with van der Waals surface area (Å²) in [6.07, 6.45) is 1.44. The van der Waals surface area contributed by atoms with Crippen molar-refractivity contribution in [1.82, 2.24) is 14.7 Å². The van der Waals surface area contributed by atoms with Gasteiger partial charge in [0.05, 0.1) is 35.1 Å². The number of aromatic nitrogens is 2. The van der Waals surface area contributed by atoms with Crippen LogP contribution in [-0.2, 0) is 13.1 Å². The van der Waals surface area contributed by atoms with Gasteiger partial charge < -0.3 is 10.0 Å². The molecule has 2 aromatic rings. The molecule has 1 fully saturated rings. The number of nitrogens with zero attached hydrogens (tertiary/aromatic N) is 3. The highest BCUT2D eigenvalue weighted by molar-refractivity contribution is 6.33. The van der Waals surface area contributed by atoms with Crippen molar-refractivity contribution in [1.29, 1.82) is 0 Å². The Hall–Kier alpha value is -1.99. The van der Waals surface area contributed by atoms with Gasteiger partial charge >= 0.3 is 0 Å². The molecule has 1 aromatic heterocycles. The maximum atomic E-state index is 13.5. The molecule has 1 aliphatic heterocycles. The molecule has 0 unspecified atom stereocenters.